The number of para-hydroxylation sites is 8. The fourth-order valence-electron chi connectivity index (χ4n) is 9.82. The van der Waals surface area contributed by atoms with Crippen LogP contribution in [0.1, 0.15) is 0 Å². The number of benzene rings is 9. The molecule has 0 spiro atoms. The molecule has 0 aliphatic rings. The van der Waals surface area contributed by atoms with Gasteiger partial charge in [-0.3, -0.25) is 0 Å². The van der Waals surface area contributed by atoms with Gasteiger partial charge in [0.1, 0.15) is 0 Å². The minimum absolute atomic E-state index is 1.11. The maximum absolute atomic E-state index is 2.49. The maximum Gasteiger partial charge on any atom is 0.0702 e. The molecule has 0 saturated carbocycles. The molecule has 276 valence electrons. The van der Waals surface area contributed by atoms with E-state index >= 15 is 0 Å². The van der Waals surface area contributed by atoms with Gasteiger partial charge in [-0.05, 0) is 84.9 Å². The predicted molar refractivity (Wildman–Crippen MR) is 250 cm³/mol. The lowest BCUT2D eigenvalue weighted by Gasteiger charge is -2.21. The molecule has 4 heterocycles. The standard InChI is InChI=1S/C54H34N4S/c1-3-17-35(18-4-1)55-45-29-15-16-30-46(45)56(36-19-5-2-6-20-36)48-32-34-50(58-43-27-13-9-23-39(43)40-24-10-14-28-44(40)58)54-52(48)51-47(55)31-33-49(53(51)59-54)57-41-25-11-7-21-37(41)38-22-8-12-26-42(38)57/h1-34H. The van der Waals surface area contributed by atoms with E-state index in [9.17, 15) is 0 Å². The van der Waals surface area contributed by atoms with Crippen LogP contribution in [0.15, 0.2) is 206 Å². The molecule has 5 heteroatoms. The number of aromatic nitrogens is 4. The second-order valence-corrected chi connectivity index (χ2v) is 16.3. The number of fused-ring (bicyclic) bond motifs is 7. The van der Waals surface area contributed by atoms with Crippen LogP contribution in [0.3, 0.4) is 0 Å². The van der Waals surface area contributed by atoms with Crippen LogP contribution >= 0.6 is 11.3 Å². The highest BCUT2D eigenvalue weighted by atomic mass is 32.1. The van der Waals surface area contributed by atoms with Crippen molar-refractivity contribution in [3.05, 3.63) is 206 Å². The Kier molecular flexibility index (Phi) is 6.85. The molecule has 0 amide bonds. The van der Waals surface area contributed by atoms with Gasteiger partial charge in [0.25, 0.3) is 0 Å². The quantitative estimate of drug-likeness (QED) is 0.170. The molecule has 13 aromatic rings. The second kappa shape index (κ2) is 12.4. The van der Waals surface area contributed by atoms with Crippen molar-refractivity contribution in [1.82, 2.24) is 18.3 Å². The monoisotopic (exact) mass is 770 g/mol. The minimum atomic E-state index is 1.11. The van der Waals surface area contributed by atoms with Crippen LogP contribution in [0, 0.1) is 0 Å². The first-order chi connectivity index (χ1) is 29.3. The summed E-state index contributed by atoms with van der Waals surface area (Å²) in [4.78, 5) is 0. The van der Waals surface area contributed by atoms with Crippen LogP contribution in [0.5, 0.6) is 0 Å². The highest BCUT2D eigenvalue weighted by molar-refractivity contribution is 7.27. The van der Waals surface area contributed by atoms with Crippen LogP contribution < -0.4 is 0 Å². The average Bonchev–Trinajstić information content (AvgIpc) is 3.97. The van der Waals surface area contributed by atoms with Gasteiger partial charge in [-0.25, -0.2) is 0 Å². The Bertz CT molecular complexity index is 3480. The second-order valence-electron chi connectivity index (χ2n) is 15.3. The van der Waals surface area contributed by atoms with Gasteiger partial charge in [-0.15, -0.1) is 11.3 Å². The van der Waals surface area contributed by atoms with Gasteiger partial charge >= 0.3 is 0 Å². The molecular formula is C54H34N4S. The summed E-state index contributed by atoms with van der Waals surface area (Å²) in [6, 6.07) is 75.4. The lowest BCUT2D eigenvalue weighted by molar-refractivity contribution is 1.12. The number of rotatable bonds is 4. The van der Waals surface area contributed by atoms with Crippen molar-refractivity contribution < 1.29 is 0 Å². The van der Waals surface area contributed by atoms with Crippen LogP contribution in [-0.2, 0) is 0 Å². The molecule has 13 rings (SSSR count). The van der Waals surface area contributed by atoms with Crippen molar-refractivity contribution in [2.75, 3.05) is 0 Å². The Morgan fingerprint density at radius 3 is 0.898 bits per heavy atom. The lowest BCUT2D eigenvalue weighted by atomic mass is 10.1. The SMILES string of the molecule is c1ccc(-n2c3ccc(-n4c5ccccc5c5ccccc54)c4sc5c(-n6c7ccccc7c7ccccc76)ccc(c5c43)n(-c3ccccc3)c3ccccc32)cc1. The number of hydrogen-bond donors (Lipinski definition) is 0. The summed E-state index contributed by atoms with van der Waals surface area (Å²) in [5.74, 6) is 0. The highest BCUT2D eigenvalue weighted by Crippen LogP contribution is 2.49. The Labute approximate surface area is 342 Å². The molecule has 0 fully saturated rings. The number of thiophene rings is 1. The Morgan fingerprint density at radius 1 is 0.237 bits per heavy atom. The molecule has 0 N–H and O–H groups in total. The summed E-state index contributed by atoms with van der Waals surface area (Å²) >= 11 is 1.91. The number of hydrogen-bond acceptors (Lipinski definition) is 1. The smallest absolute Gasteiger partial charge is 0.0702 e. The fourth-order valence-corrected chi connectivity index (χ4v) is 11.2. The molecule has 0 aliphatic heterocycles. The van der Waals surface area contributed by atoms with Crippen molar-refractivity contribution >= 4 is 97.2 Å². The van der Waals surface area contributed by atoms with E-state index in [-0.39, 0.29) is 0 Å². The van der Waals surface area contributed by atoms with E-state index in [2.05, 4.69) is 225 Å². The van der Waals surface area contributed by atoms with Crippen molar-refractivity contribution in [1.29, 1.82) is 0 Å². The van der Waals surface area contributed by atoms with Gasteiger partial charge < -0.3 is 18.3 Å². The van der Waals surface area contributed by atoms with E-state index in [1.807, 2.05) is 11.3 Å². The molecule has 59 heavy (non-hydrogen) atoms. The van der Waals surface area contributed by atoms with Gasteiger partial charge in [0, 0.05) is 43.7 Å². The molecule has 9 aromatic carbocycles. The summed E-state index contributed by atoms with van der Waals surface area (Å²) in [7, 11) is 0. The summed E-state index contributed by atoms with van der Waals surface area (Å²) in [6.07, 6.45) is 0. The van der Waals surface area contributed by atoms with E-state index in [1.54, 1.807) is 0 Å². The van der Waals surface area contributed by atoms with Crippen LogP contribution in [0.25, 0.3) is 109 Å². The molecule has 0 unspecified atom stereocenters. The maximum atomic E-state index is 2.49. The first kappa shape index (κ1) is 32.5. The fraction of sp³-hybridized carbons (Fsp3) is 0. The molecule has 0 saturated heterocycles. The Hall–Kier alpha value is -7.60. The van der Waals surface area contributed by atoms with Crippen LogP contribution in [0.2, 0.25) is 0 Å². The highest BCUT2D eigenvalue weighted by Gasteiger charge is 2.25. The van der Waals surface area contributed by atoms with Crippen molar-refractivity contribution in [2.45, 2.75) is 0 Å². The van der Waals surface area contributed by atoms with Gasteiger partial charge in [0.2, 0.25) is 0 Å². The third-order valence-electron chi connectivity index (χ3n) is 12.2. The third-order valence-corrected chi connectivity index (χ3v) is 13.4. The van der Waals surface area contributed by atoms with Gasteiger partial charge in [0.05, 0.1) is 64.9 Å². The van der Waals surface area contributed by atoms with Crippen LogP contribution in [-0.4, -0.2) is 18.3 Å². The molecule has 0 bridgehead atoms. The van der Waals surface area contributed by atoms with Crippen molar-refractivity contribution in [3.63, 3.8) is 0 Å². The summed E-state index contributed by atoms with van der Waals surface area (Å²) in [5, 5.41) is 7.49. The van der Waals surface area contributed by atoms with E-state index < -0.39 is 0 Å². The molecule has 4 aromatic heterocycles. The predicted octanol–water partition coefficient (Wildman–Crippen LogP) is 14.7. The van der Waals surface area contributed by atoms with Gasteiger partial charge in [-0.2, -0.15) is 0 Å². The largest absolute Gasteiger partial charge is 0.308 e. The van der Waals surface area contributed by atoms with Crippen molar-refractivity contribution in [2.24, 2.45) is 0 Å². The summed E-state index contributed by atoms with van der Waals surface area (Å²) in [5.41, 5.74) is 13.9. The van der Waals surface area contributed by atoms with Gasteiger partial charge in [0.15, 0.2) is 0 Å². The molecule has 0 radical (unpaired) electrons. The van der Waals surface area contributed by atoms with E-state index in [0.717, 1.165) is 33.4 Å². The third kappa shape index (κ3) is 4.53. The van der Waals surface area contributed by atoms with E-state index in [4.69, 9.17) is 0 Å². The normalized spacial score (nSPS) is 12.1. The minimum Gasteiger partial charge on any atom is -0.308 e. The summed E-state index contributed by atoms with van der Waals surface area (Å²) in [6.45, 7) is 0. The molecular weight excluding hydrogens is 737 g/mol. The Morgan fingerprint density at radius 2 is 0.542 bits per heavy atom. The lowest BCUT2D eigenvalue weighted by Crippen LogP contribution is -2.05. The van der Waals surface area contributed by atoms with Crippen molar-refractivity contribution in [3.8, 4) is 22.7 Å². The molecule has 4 nitrogen and oxygen atoms in total. The first-order valence-electron chi connectivity index (χ1n) is 20.1. The van der Waals surface area contributed by atoms with E-state index in [1.165, 1.54) is 75.2 Å². The van der Waals surface area contributed by atoms with Gasteiger partial charge in [-0.1, -0.05) is 121 Å². The topological polar surface area (TPSA) is 19.7 Å². The first-order valence-corrected chi connectivity index (χ1v) is 20.9. The number of nitrogens with zero attached hydrogens (tertiary/aromatic N) is 4. The zero-order valence-electron chi connectivity index (χ0n) is 31.8. The average molecular weight is 771 g/mol. The zero-order valence-corrected chi connectivity index (χ0v) is 32.6. The zero-order chi connectivity index (χ0) is 38.6. The Balaban J connectivity index is 1.33. The van der Waals surface area contributed by atoms with E-state index in [0.29, 0.717) is 0 Å². The molecule has 0 atom stereocenters. The summed E-state index contributed by atoms with van der Waals surface area (Å²) < 4.78 is 12.4. The van der Waals surface area contributed by atoms with Crippen LogP contribution in [0.4, 0.5) is 0 Å². The molecule has 0 aliphatic carbocycles.